The van der Waals surface area contributed by atoms with Gasteiger partial charge < -0.3 is 16.8 Å². The van der Waals surface area contributed by atoms with Gasteiger partial charge in [0, 0.05) is 30.1 Å². The van der Waals surface area contributed by atoms with Gasteiger partial charge in [0.25, 0.3) is 0 Å². The van der Waals surface area contributed by atoms with Gasteiger partial charge in [-0.15, -0.1) is 0 Å². The Morgan fingerprint density at radius 2 is 1.59 bits per heavy atom. The van der Waals surface area contributed by atoms with E-state index in [0.29, 0.717) is 23.5 Å². The number of hydrogen-bond acceptors (Lipinski definition) is 5. The number of halogens is 1. The number of dihydropyridines is 1. The van der Waals surface area contributed by atoms with E-state index < -0.39 is 0 Å². The standard InChI is InChI=1S/C21H18FN5/c22-19-9-13(5-7-18(19)15-11-26-21(24)27-12-15)16-3-1-2-4-17(16)14-6-8-20(23)25-10-14/h1-9,11-12,25H,10,23H2,(H2,24,26,27). The van der Waals surface area contributed by atoms with E-state index in [0.717, 1.165) is 22.3 Å². The van der Waals surface area contributed by atoms with Gasteiger partial charge in [0.15, 0.2) is 0 Å². The molecule has 0 saturated carbocycles. The lowest BCUT2D eigenvalue weighted by atomic mass is 9.92. The van der Waals surface area contributed by atoms with Crippen LogP contribution in [0.3, 0.4) is 0 Å². The molecule has 0 bridgehead atoms. The Morgan fingerprint density at radius 3 is 2.26 bits per heavy atom. The van der Waals surface area contributed by atoms with Crippen molar-refractivity contribution in [3.8, 4) is 22.3 Å². The molecule has 134 valence electrons. The van der Waals surface area contributed by atoms with Crippen molar-refractivity contribution >= 4 is 11.5 Å². The maximum Gasteiger partial charge on any atom is 0.219 e. The first kappa shape index (κ1) is 16.8. The van der Waals surface area contributed by atoms with Crippen molar-refractivity contribution in [1.82, 2.24) is 15.3 Å². The minimum atomic E-state index is -0.337. The Labute approximate surface area is 156 Å². The van der Waals surface area contributed by atoms with Crippen LogP contribution in [0.2, 0.25) is 0 Å². The molecule has 0 saturated heterocycles. The van der Waals surface area contributed by atoms with E-state index in [9.17, 15) is 4.39 Å². The maximum absolute atomic E-state index is 14.8. The van der Waals surface area contributed by atoms with Crippen LogP contribution in [0.1, 0.15) is 5.56 Å². The van der Waals surface area contributed by atoms with Crippen molar-refractivity contribution in [1.29, 1.82) is 0 Å². The van der Waals surface area contributed by atoms with E-state index in [2.05, 4.69) is 15.3 Å². The molecule has 27 heavy (non-hydrogen) atoms. The zero-order valence-corrected chi connectivity index (χ0v) is 14.5. The van der Waals surface area contributed by atoms with E-state index in [1.165, 1.54) is 18.5 Å². The summed E-state index contributed by atoms with van der Waals surface area (Å²) in [6, 6.07) is 13.1. The number of allylic oxidation sites excluding steroid dienone is 2. The van der Waals surface area contributed by atoms with Crippen LogP contribution in [-0.4, -0.2) is 16.5 Å². The van der Waals surface area contributed by atoms with Gasteiger partial charge in [0.1, 0.15) is 5.82 Å². The van der Waals surface area contributed by atoms with Crippen molar-refractivity contribution in [2.45, 2.75) is 0 Å². The number of nitrogen functional groups attached to an aromatic ring is 1. The summed E-state index contributed by atoms with van der Waals surface area (Å²) in [7, 11) is 0. The van der Waals surface area contributed by atoms with Gasteiger partial charge in [-0.2, -0.15) is 0 Å². The Bertz CT molecular complexity index is 1050. The second-order valence-corrected chi connectivity index (χ2v) is 6.24. The molecule has 1 aliphatic heterocycles. The van der Waals surface area contributed by atoms with Gasteiger partial charge in [0.2, 0.25) is 5.95 Å². The highest BCUT2D eigenvalue weighted by molar-refractivity contribution is 5.84. The summed E-state index contributed by atoms with van der Waals surface area (Å²) < 4.78 is 14.8. The zero-order chi connectivity index (χ0) is 18.8. The molecule has 0 fully saturated rings. The molecule has 0 unspecified atom stereocenters. The van der Waals surface area contributed by atoms with Gasteiger partial charge >= 0.3 is 0 Å². The summed E-state index contributed by atoms with van der Waals surface area (Å²) in [4.78, 5) is 7.86. The molecule has 4 rings (SSSR count). The van der Waals surface area contributed by atoms with E-state index in [-0.39, 0.29) is 11.8 Å². The summed E-state index contributed by atoms with van der Waals surface area (Å²) in [6.07, 6.45) is 6.86. The van der Waals surface area contributed by atoms with Gasteiger partial charge in [-0.05, 0) is 34.4 Å². The zero-order valence-electron chi connectivity index (χ0n) is 14.5. The van der Waals surface area contributed by atoms with Crippen LogP contribution >= 0.6 is 0 Å². The van der Waals surface area contributed by atoms with Crippen molar-refractivity contribution in [3.63, 3.8) is 0 Å². The summed E-state index contributed by atoms with van der Waals surface area (Å²) in [5.74, 6) is 0.460. The number of hydrogen-bond donors (Lipinski definition) is 3. The molecule has 0 amide bonds. The molecule has 0 radical (unpaired) electrons. The average molecular weight is 359 g/mol. The molecule has 3 aromatic rings. The summed E-state index contributed by atoms with van der Waals surface area (Å²) in [6.45, 7) is 0.628. The third kappa shape index (κ3) is 3.37. The molecule has 0 spiro atoms. The average Bonchev–Trinajstić information content (AvgIpc) is 2.69. The first-order valence-electron chi connectivity index (χ1n) is 8.49. The molecule has 1 aliphatic rings. The summed E-state index contributed by atoms with van der Waals surface area (Å²) >= 11 is 0. The van der Waals surface area contributed by atoms with Crippen LogP contribution in [0, 0.1) is 5.82 Å². The molecule has 0 aliphatic carbocycles. The number of nitrogens with zero attached hydrogens (tertiary/aromatic N) is 2. The largest absolute Gasteiger partial charge is 0.386 e. The smallest absolute Gasteiger partial charge is 0.219 e. The van der Waals surface area contributed by atoms with Crippen molar-refractivity contribution in [2.24, 2.45) is 5.73 Å². The number of nitrogens with one attached hydrogen (secondary N) is 1. The minimum Gasteiger partial charge on any atom is -0.386 e. The van der Waals surface area contributed by atoms with Crippen molar-refractivity contribution < 1.29 is 4.39 Å². The Hall–Kier alpha value is -3.67. The number of anilines is 1. The number of rotatable bonds is 3. The molecule has 1 aromatic heterocycles. The monoisotopic (exact) mass is 359 g/mol. The van der Waals surface area contributed by atoms with Gasteiger partial charge in [-0.3, -0.25) is 0 Å². The Kier molecular flexibility index (Phi) is 4.30. The summed E-state index contributed by atoms with van der Waals surface area (Å²) in [5.41, 5.74) is 16.2. The molecule has 2 heterocycles. The second kappa shape index (κ2) is 6.92. The molecular weight excluding hydrogens is 341 g/mol. The molecule has 5 nitrogen and oxygen atoms in total. The summed E-state index contributed by atoms with van der Waals surface area (Å²) in [5, 5.41) is 3.13. The third-order valence-electron chi connectivity index (χ3n) is 4.48. The fraction of sp³-hybridized carbons (Fsp3) is 0.0476. The highest BCUT2D eigenvalue weighted by Crippen LogP contribution is 2.32. The van der Waals surface area contributed by atoms with Crippen LogP contribution < -0.4 is 16.8 Å². The van der Waals surface area contributed by atoms with Crippen LogP contribution in [0.15, 0.2) is 72.8 Å². The van der Waals surface area contributed by atoms with E-state index in [1.54, 1.807) is 6.07 Å². The number of benzene rings is 2. The Balaban J connectivity index is 1.75. The topological polar surface area (TPSA) is 89.8 Å². The lowest BCUT2D eigenvalue weighted by Gasteiger charge is -2.18. The van der Waals surface area contributed by atoms with Gasteiger partial charge in [-0.25, -0.2) is 14.4 Å². The third-order valence-corrected chi connectivity index (χ3v) is 4.48. The first-order valence-corrected chi connectivity index (χ1v) is 8.49. The highest BCUT2D eigenvalue weighted by atomic mass is 19.1. The van der Waals surface area contributed by atoms with Crippen LogP contribution in [0.5, 0.6) is 0 Å². The molecule has 5 N–H and O–H groups in total. The van der Waals surface area contributed by atoms with E-state index >= 15 is 0 Å². The second-order valence-electron chi connectivity index (χ2n) is 6.24. The molecule has 6 heteroatoms. The van der Waals surface area contributed by atoms with Crippen molar-refractivity contribution in [3.05, 3.63) is 84.2 Å². The van der Waals surface area contributed by atoms with E-state index in [1.807, 2.05) is 42.5 Å². The quantitative estimate of drug-likeness (QED) is 0.667. The van der Waals surface area contributed by atoms with Crippen LogP contribution in [0.4, 0.5) is 10.3 Å². The number of aromatic nitrogens is 2. The lowest BCUT2D eigenvalue weighted by molar-refractivity contribution is 0.631. The molecular formula is C21H18FN5. The fourth-order valence-corrected chi connectivity index (χ4v) is 3.10. The van der Waals surface area contributed by atoms with Gasteiger partial charge in [0.05, 0.1) is 5.82 Å². The maximum atomic E-state index is 14.8. The van der Waals surface area contributed by atoms with Crippen molar-refractivity contribution in [2.75, 3.05) is 12.3 Å². The molecule has 0 atom stereocenters. The van der Waals surface area contributed by atoms with Crippen LogP contribution in [-0.2, 0) is 0 Å². The van der Waals surface area contributed by atoms with Gasteiger partial charge in [-0.1, -0.05) is 42.5 Å². The number of nitrogens with two attached hydrogens (primary N) is 2. The van der Waals surface area contributed by atoms with E-state index in [4.69, 9.17) is 11.5 Å². The SMILES string of the molecule is NC1=CC=C(c2ccccc2-c2ccc(-c3cnc(N)nc3)c(F)c2)CN1. The predicted molar refractivity (Wildman–Crippen MR) is 106 cm³/mol. The molecule has 2 aromatic carbocycles. The van der Waals surface area contributed by atoms with Crippen LogP contribution in [0.25, 0.3) is 27.8 Å². The first-order chi connectivity index (χ1) is 13.1. The fourth-order valence-electron chi connectivity index (χ4n) is 3.10. The lowest BCUT2D eigenvalue weighted by Crippen LogP contribution is -2.24. The predicted octanol–water partition coefficient (Wildman–Crippen LogP) is 3.32. The Morgan fingerprint density at radius 1 is 0.852 bits per heavy atom. The minimum absolute atomic E-state index is 0.161. The normalized spacial score (nSPS) is 13.5. The highest BCUT2D eigenvalue weighted by Gasteiger charge is 2.14.